The largest absolute Gasteiger partial charge is 0.481 e. The van der Waals surface area contributed by atoms with E-state index in [2.05, 4.69) is 47.6 Å². The first kappa shape index (κ1) is 24.8. The van der Waals surface area contributed by atoms with Crippen LogP contribution in [0.1, 0.15) is 106 Å². The smallest absolute Gasteiger partial charge is 0.314 e. The predicted molar refractivity (Wildman–Crippen MR) is 134 cm³/mol. The zero-order chi connectivity index (χ0) is 24.9. The minimum atomic E-state index is -0.785. The fraction of sp³-hybridized carbons (Fsp3) is 0.900. The van der Waals surface area contributed by atoms with Gasteiger partial charge in [0.25, 0.3) is 0 Å². The van der Waals surface area contributed by atoms with Crippen molar-refractivity contribution in [1.82, 2.24) is 0 Å². The van der Waals surface area contributed by atoms with Crippen LogP contribution in [0.25, 0.3) is 0 Å². The Balaban J connectivity index is 1.64. The van der Waals surface area contributed by atoms with E-state index in [4.69, 9.17) is 0 Å². The van der Waals surface area contributed by atoms with Crippen molar-refractivity contribution in [2.24, 2.45) is 50.2 Å². The Labute approximate surface area is 206 Å². The van der Waals surface area contributed by atoms with Gasteiger partial charge < -0.3 is 15.3 Å². The highest BCUT2D eigenvalue weighted by atomic mass is 16.4. The molecule has 0 saturated heterocycles. The summed E-state index contributed by atoms with van der Waals surface area (Å²) in [5.41, 5.74) is 0.0886. The summed E-state index contributed by atoms with van der Waals surface area (Å²) in [6, 6.07) is 0. The van der Waals surface area contributed by atoms with Crippen LogP contribution in [0.5, 0.6) is 0 Å². The van der Waals surface area contributed by atoms with E-state index >= 15 is 0 Å². The van der Waals surface area contributed by atoms with Crippen LogP contribution in [-0.2, 0) is 4.79 Å². The van der Waals surface area contributed by atoms with E-state index in [1.165, 1.54) is 18.4 Å². The number of fused-ring (bicyclic) bond motifs is 7. The number of hydrogen-bond acceptors (Lipinski definition) is 3. The number of aliphatic hydroxyl groups is 2. The molecule has 0 amide bonds. The quantitative estimate of drug-likeness (QED) is 0.418. The summed E-state index contributed by atoms with van der Waals surface area (Å²) < 4.78 is 0. The maximum atomic E-state index is 13.5. The van der Waals surface area contributed by atoms with Crippen LogP contribution >= 0.6 is 0 Å². The summed E-state index contributed by atoms with van der Waals surface area (Å²) in [4.78, 5) is 13.5. The summed E-state index contributed by atoms with van der Waals surface area (Å²) >= 11 is 0. The molecule has 0 unspecified atom stereocenters. The van der Waals surface area contributed by atoms with Crippen LogP contribution in [0.3, 0.4) is 0 Å². The van der Waals surface area contributed by atoms with Gasteiger partial charge in [-0.2, -0.15) is 0 Å². The number of carbonyl (C=O) groups is 1. The topological polar surface area (TPSA) is 77.8 Å². The normalized spacial score (nSPS) is 54.1. The maximum Gasteiger partial charge on any atom is 0.314 e. The maximum absolute atomic E-state index is 13.5. The molecule has 0 radical (unpaired) electrons. The number of rotatable bonds is 2. The molecule has 4 saturated carbocycles. The minimum absolute atomic E-state index is 0.00146. The summed E-state index contributed by atoms with van der Waals surface area (Å²) in [6.07, 6.45) is 11.5. The average Bonchev–Trinajstić information content (AvgIpc) is 2.76. The number of carboxylic acids is 1. The van der Waals surface area contributed by atoms with Gasteiger partial charge in [-0.05, 0) is 104 Å². The van der Waals surface area contributed by atoms with E-state index in [9.17, 15) is 20.1 Å². The molecule has 0 spiro atoms. The molecule has 0 aromatic carbocycles. The minimum Gasteiger partial charge on any atom is -0.481 e. The number of aliphatic carboxylic acids is 1. The number of hydrogen-bond donors (Lipinski definition) is 3. The van der Waals surface area contributed by atoms with Crippen LogP contribution in [0.2, 0.25) is 0 Å². The molecule has 5 aliphatic rings. The highest BCUT2D eigenvalue weighted by Crippen LogP contribution is 2.75. The van der Waals surface area contributed by atoms with E-state index < -0.39 is 22.9 Å². The van der Waals surface area contributed by atoms with Crippen LogP contribution in [0.4, 0.5) is 0 Å². The molecule has 4 nitrogen and oxygen atoms in total. The monoisotopic (exact) mass is 472 g/mol. The van der Waals surface area contributed by atoms with Crippen LogP contribution < -0.4 is 0 Å². The van der Waals surface area contributed by atoms with E-state index in [0.29, 0.717) is 12.3 Å². The second kappa shape index (κ2) is 7.34. The second-order valence-electron chi connectivity index (χ2n) is 15.0. The molecular weight excluding hydrogens is 424 g/mol. The van der Waals surface area contributed by atoms with Gasteiger partial charge in [-0.15, -0.1) is 0 Å². The van der Waals surface area contributed by atoms with Gasteiger partial charge in [0.15, 0.2) is 0 Å². The lowest BCUT2D eigenvalue weighted by Crippen LogP contribution is -2.67. The van der Waals surface area contributed by atoms with Gasteiger partial charge in [-0.25, -0.2) is 0 Å². The molecular formula is C30H48O4. The first-order valence-corrected chi connectivity index (χ1v) is 13.9. The Morgan fingerprint density at radius 1 is 0.941 bits per heavy atom. The Kier molecular flexibility index (Phi) is 5.36. The first-order chi connectivity index (χ1) is 15.7. The molecule has 4 heteroatoms. The van der Waals surface area contributed by atoms with Gasteiger partial charge >= 0.3 is 5.97 Å². The van der Waals surface area contributed by atoms with Gasteiger partial charge in [0.2, 0.25) is 0 Å². The first-order valence-electron chi connectivity index (χ1n) is 13.9. The molecule has 0 bridgehead atoms. The molecule has 0 heterocycles. The fourth-order valence-electron chi connectivity index (χ4n) is 10.7. The third-order valence-electron chi connectivity index (χ3n) is 13.0. The van der Waals surface area contributed by atoms with Crippen molar-refractivity contribution < 1.29 is 20.1 Å². The van der Waals surface area contributed by atoms with Crippen molar-refractivity contribution in [2.75, 3.05) is 6.61 Å². The van der Waals surface area contributed by atoms with Crippen molar-refractivity contribution in [3.05, 3.63) is 11.6 Å². The van der Waals surface area contributed by atoms with Crippen molar-refractivity contribution in [3.63, 3.8) is 0 Å². The van der Waals surface area contributed by atoms with Crippen molar-refractivity contribution in [1.29, 1.82) is 0 Å². The lowest BCUT2D eigenvalue weighted by Gasteiger charge is -2.70. The molecule has 5 rings (SSSR count). The van der Waals surface area contributed by atoms with Crippen LogP contribution in [0.15, 0.2) is 11.6 Å². The van der Waals surface area contributed by atoms with Gasteiger partial charge in [0.1, 0.15) is 0 Å². The molecule has 4 fully saturated rings. The third-order valence-corrected chi connectivity index (χ3v) is 13.0. The molecule has 3 N–H and O–H groups in total. The molecule has 9 atom stereocenters. The van der Waals surface area contributed by atoms with E-state index in [-0.39, 0.29) is 40.1 Å². The zero-order valence-corrected chi connectivity index (χ0v) is 22.4. The lowest BCUT2D eigenvalue weighted by atomic mass is 9.33. The Morgan fingerprint density at radius 2 is 1.62 bits per heavy atom. The highest BCUT2D eigenvalue weighted by Gasteiger charge is 2.72. The summed E-state index contributed by atoms with van der Waals surface area (Å²) in [5.74, 6) is 0.243. The molecule has 0 aromatic rings. The van der Waals surface area contributed by atoms with Gasteiger partial charge in [-0.1, -0.05) is 53.2 Å². The highest BCUT2D eigenvalue weighted by molar-refractivity contribution is 5.81. The Bertz CT molecular complexity index is 907. The number of aliphatic hydroxyl groups excluding tert-OH is 2. The van der Waals surface area contributed by atoms with Crippen LogP contribution in [-0.4, -0.2) is 34.0 Å². The molecule has 5 aliphatic carbocycles. The molecule has 34 heavy (non-hydrogen) atoms. The van der Waals surface area contributed by atoms with Crippen molar-refractivity contribution in [2.45, 2.75) is 112 Å². The SMILES string of the molecule is CC1(C)CC[C@]2(C)CC[C@]3(C(=O)O)C(=CC[C@@H]4[C@@]5(C)CC[C@@H](O)[C@](C)(CO)[C@@H]5CC[C@]43C)[C@@H]2C1. The van der Waals surface area contributed by atoms with Crippen molar-refractivity contribution >= 4 is 5.97 Å². The average molecular weight is 473 g/mol. The Morgan fingerprint density at radius 3 is 2.26 bits per heavy atom. The van der Waals surface area contributed by atoms with Gasteiger partial charge in [0, 0.05) is 5.41 Å². The predicted octanol–water partition coefficient (Wildman–Crippen LogP) is 6.21. The number of carboxylic acid groups (broad SMARTS) is 1. The third kappa shape index (κ3) is 2.88. The second-order valence-corrected chi connectivity index (χ2v) is 15.0. The molecule has 0 aliphatic heterocycles. The van der Waals surface area contributed by atoms with Crippen LogP contribution in [0, 0.1) is 50.2 Å². The lowest BCUT2D eigenvalue weighted by molar-refractivity contribution is -0.222. The standard InChI is InChI=1S/C30H48O4/c1-25(2)13-14-26(3)15-16-30(24(33)34)19(20(26)17-25)7-8-22-27(4)11-10-23(32)28(5,18-31)21(27)9-12-29(22,30)6/h7,20-23,31-32H,8-18H2,1-6H3,(H,33,34)/t20-,21+,22+,23+,26+,27-,28+,29+,30+/m0/s1. The van der Waals surface area contributed by atoms with Crippen molar-refractivity contribution in [3.8, 4) is 0 Å². The molecule has 0 aromatic heterocycles. The van der Waals surface area contributed by atoms with E-state index in [0.717, 1.165) is 44.9 Å². The summed E-state index contributed by atoms with van der Waals surface area (Å²) in [6.45, 7) is 13.9. The number of allylic oxidation sites excluding steroid dienone is 1. The summed E-state index contributed by atoms with van der Waals surface area (Å²) in [7, 11) is 0. The molecule has 192 valence electrons. The van der Waals surface area contributed by atoms with E-state index in [1.807, 2.05) is 0 Å². The fourth-order valence-corrected chi connectivity index (χ4v) is 10.7. The zero-order valence-electron chi connectivity index (χ0n) is 22.4. The van der Waals surface area contributed by atoms with E-state index in [1.54, 1.807) is 0 Å². The van der Waals surface area contributed by atoms with Gasteiger partial charge in [0.05, 0.1) is 18.1 Å². The summed E-state index contributed by atoms with van der Waals surface area (Å²) in [5, 5.41) is 32.4. The van der Waals surface area contributed by atoms with Gasteiger partial charge in [-0.3, -0.25) is 4.79 Å². The Hall–Kier alpha value is -0.870.